The number of ether oxygens (including phenoxy) is 1. The van der Waals surface area contributed by atoms with Crippen LogP contribution in [0, 0.1) is 0 Å². The fourth-order valence-electron chi connectivity index (χ4n) is 3.85. The van der Waals surface area contributed by atoms with E-state index in [1.165, 1.54) is 0 Å². The molecule has 3 rings (SSSR count). The van der Waals surface area contributed by atoms with Crippen molar-refractivity contribution in [2.24, 2.45) is 0 Å². The van der Waals surface area contributed by atoms with Gasteiger partial charge in [0, 0.05) is 30.4 Å². The number of carboxylic acid groups (broad SMARTS) is 1. The second-order valence-corrected chi connectivity index (χ2v) is 7.48. The minimum Gasteiger partial charge on any atom is -0.478 e. The van der Waals surface area contributed by atoms with E-state index in [-0.39, 0.29) is 6.17 Å². The standard InChI is InChI=1S/C21H27ClN2O3/c1-3-4-18-20(21(25)26)15(2)13-19(23-9-11-27-12-10-23)24(18)14-16-5-7-17(22)8-6-16/h5-8,13,19H,3-4,9-12,14H2,1-2H3,(H,25,26). The van der Waals surface area contributed by atoms with Crippen LogP contribution in [0.4, 0.5) is 0 Å². The predicted octanol–water partition coefficient (Wildman–Crippen LogP) is 3.90. The van der Waals surface area contributed by atoms with Crippen molar-refractivity contribution in [2.45, 2.75) is 39.4 Å². The van der Waals surface area contributed by atoms with Crippen molar-refractivity contribution in [1.82, 2.24) is 9.80 Å². The number of nitrogens with zero attached hydrogens (tertiary/aromatic N) is 2. The lowest BCUT2D eigenvalue weighted by atomic mass is 9.95. The lowest BCUT2D eigenvalue weighted by molar-refractivity contribution is -0.132. The van der Waals surface area contributed by atoms with Crippen LogP contribution in [0.3, 0.4) is 0 Å². The topological polar surface area (TPSA) is 53.0 Å². The van der Waals surface area contributed by atoms with E-state index in [1.54, 1.807) is 0 Å². The van der Waals surface area contributed by atoms with Gasteiger partial charge in [-0.1, -0.05) is 37.1 Å². The smallest absolute Gasteiger partial charge is 0.337 e. The van der Waals surface area contributed by atoms with Crippen LogP contribution in [-0.4, -0.2) is 53.3 Å². The first-order chi connectivity index (χ1) is 13.0. The van der Waals surface area contributed by atoms with Gasteiger partial charge in [0.2, 0.25) is 0 Å². The lowest BCUT2D eigenvalue weighted by Gasteiger charge is -2.45. The molecule has 5 nitrogen and oxygen atoms in total. The summed E-state index contributed by atoms with van der Waals surface area (Å²) >= 11 is 6.03. The van der Waals surface area contributed by atoms with Gasteiger partial charge in [-0.25, -0.2) is 4.79 Å². The van der Waals surface area contributed by atoms with Crippen molar-refractivity contribution in [3.63, 3.8) is 0 Å². The van der Waals surface area contributed by atoms with E-state index in [0.29, 0.717) is 30.4 Å². The van der Waals surface area contributed by atoms with Crippen molar-refractivity contribution in [2.75, 3.05) is 26.3 Å². The Hall–Kier alpha value is -1.82. The monoisotopic (exact) mass is 390 g/mol. The Kier molecular flexibility index (Phi) is 6.58. The zero-order valence-electron chi connectivity index (χ0n) is 15.9. The quantitative estimate of drug-likeness (QED) is 0.798. The number of hydrogen-bond donors (Lipinski definition) is 1. The second kappa shape index (κ2) is 8.91. The van der Waals surface area contributed by atoms with E-state index in [1.807, 2.05) is 31.2 Å². The van der Waals surface area contributed by atoms with E-state index < -0.39 is 5.97 Å². The molecule has 2 aliphatic rings. The summed E-state index contributed by atoms with van der Waals surface area (Å²) in [7, 11) is 0. The first-order valence-electron chi connectivity index (χ1n) is 9.49. The van der Waals surface area contributed by atoms with Gasteiger partial charge in [0.15, 0.2) is 0 Å². The molecule has 1 aromatic carbocycles. The Morgan fingerprint density at radius 2 is 1.93 bits per heavy atom. The first kappa shape index (κ1) is 19.9. The molecular formula is C21H27ClN2O3. The Morgan fingerprint density at radius 1 is 1.26 bits per heavy atom. The third-order valence-electron chi connectivity index (χ3n) is 5.13. The van der Waals surface area contributed by atoms with Crippen LogP contribution in [0.5, 0.6) is 0 Å². The maximum Gasteiger partial charge on any atom is 0.337 e. The molecule has 2 aliphatic heterocycles. The van der Waals surface area contributed by atoms with Gasteiger partial charge in [0.1, 0.15) is 6.17 Å². The van der Waals surface area contributed by atoms with Gasteiger partial charge in [-0.3, -0.25) is 4.90 Å². The normalized spacial score (nSPS) is 21.4. The van der Waals surface area contributed by atoms with Crippen LogP contribution in [0.15, 0.2) is 47.2 Å². The van der Waals surface area contributed by atoms with Gasteiger partial charge in [0.25, 0.3) is 0 Å². The Labute approximate surface area is 165 Å². The Bertz CT molecular complexity index is 736. The predicted molar refractivity (Wildman–Crippen MR) is 107 cm³/mol. The summed E-state index contributed by atoms with van der Waals surface area (Å²) in [5, 5.41) is 10.5. The van der Waals surface area contributed by atoms with Crippen LogP contribution in [0.1, 0.15) is 32.3 Å². The molecule has 27 heavy (non-hydrogen) atoms. The zero-order chi connectivity index (χ0) is 19.4. The minimum atomic E-state index is -0.853. The molecule has 146 valence electrons. The molecule has 0 saturated carbocycles. The molecule has 2 heterocycles. The van der Waals surface area contributed by atoms with Crippen LogP contribution in [0.2, 0.25) is 5.02 Å². The van der Waals surface area contributed by atoms with Crippen molar-refractivity contribution in [3.8, 4) is 0 Å². The van der Waals surface area contributed by atoms with E-state index >= 15 is 0 Å². The zero-order valence-corrected chi connectivity index (χ0v) is 16.7. The van der Waals surface area contributed by atoms with Gasteiger partial charge in [-0.05, 0) is 42.7 Å². The van der Waals surface area contributed by atoms with E-state index in [4.69, 9.17) is 16.3 Å². The number of carbonyl (C=O) groups is 1. The average Bonchev–Trinajstić information content (AvgIpc) is 2.66. The van der Waals surface area contributed by atoms with Gasteiger partial charge in [-0.15, -0.1) is 0 Å². The summed E-state index contributed by atoms with van der Waals surface area (Å²) in [6, 6.07) is 7.78. The van der Waals surface area contributed by atoms with Crippen molar-refractivity contribution >= 4 is 17.6 Å². The molecule has 1 aromatic rings. The molecule has 6 heteroatoms. The average molecular weight is 391 g/mol. The lowest BCUT2D eigenvalue weighted by Crippen LogP contribution is -2.52. The van der Waals surface area contributed by atoms with Crippen molar-refractivity contribution in [3.05, 3.63) is 57.8 Å². The molecule has 1 saturated heterocycles. The molecule has 0 spiro atoms. The maximum atomic E-state index is 12.0. The molecular weight excluding hydrogens is 364 g/mol. The molecule has 0 aliphatic carbocycles. The molecule has 1 N–H and O–H groups in total. The number of rotatable bonds is 6. The van der Waals surface area contributed by atoms with Gasteiger partial charge in [0.05, 0.1) is 18.8 Å². The van der Waals surface area contributed by atoms with Gasteiger partial charge in [-0.2, -0.15) is 0 Å². The molecule has 1 unspecified atom stereocenters. The summed E-state index contributed by atoms with van der Waals surface area (Å²) in [5.41, 5.74) is 3.31. The second-order valence-electron chi connectivity index (χ2n) is 7.04. The minimum absolute atomic E-state index is 0.0363. The van der Waals surface area contributed by atoms with Crippen molar-refractivity contribution < 1.29 is 14.6 Å². The number of aliphatic carboxylic acids is 1. The van der Waals surface area contributed by atoms with E-state index in [9.17, 15) is 9.90 Å². The highest BCUT2D eigenvalue weighted by molar-refractivity contribution is 6.30. The summed E-state index contributed by atoms with van der Waals surface area (Å²) in [6.07, 6.45) is 3.76. The number of halogens is 1. The van der Waals surface area contributed by atoms with Crippen LogP contribution in [-0.2, 0) is 16.1 Å². The van der Waals surface area contributed by atoms with Crippen LogP contribution >= 0.6 is 11.6 Å². The van der Waals surface area contributed by atoms with E-state index in [2.05, 4.69) is 22.8 Å². The largest absolute Gasteiger partial charge is 0.478 e. The Morgan fingerprint density at radius 3 is 2.52 bits per heavy atom. The highest BCUT2D eigenvalue weighted by Gasteiger charge is 2.34. The van der Waals surface area contributed by atoms with Crippen molar-refractivity contribution in [1.29, 1.82) is 0 Å². The summed E-state index contributed by atoms with van der Waals surface area (Å²) in [5.74, 6) is -0.853. The van der Waals surface area contributed by atoms with E-state index in [0.717, 1.165) is 42.8 Å². The molecule has 0 aromatic heterocycles. The molecule has 0 radical (unpaired) electrons. The number of benzene rings is 1. The molecule has 0 bridgehead atoms. The Balaban J connectivity index is 2.00. The number of hydrogen-bond acceptors (Lipinski definition) is 4. The fourth-order valence-corrected chi connectivity index (χ4v) is 3.97. The highest BCUT2D eigenvalue weighted by Crippen LogP contribution is 2.33. The van der Waals surface area contributed by atoms with Gasteiger partial charge >= 0.3 is 5.97 Å². The SMILES string of the molecule is CCCC1=C(C(=O)O)C(C)=CC(N2CCOCC2)N1Cc1ccc(Cl)cc1. The number of carboxylic acids is 1. The van der Waals surface area contributed by atoms with Crippen LogP contribution < -0.4 is 0 Å². The molecule has 1 fully saturated rings. The summed E-state index contributed by atoms with van der Waals surface area (Å²) < 4.78 is 5.52. The van der Waals surface area contributed by atoms with Gasteiger partial charge < -0.3 is 14.7 Å². The highest BCUT2D eigenvalue weighted by atomic mass is 35.5. The third kappa shape index (κ3) is 4.54. The summed E-state index contributed by atoms with van der Waals surface area (Å²) in [4.78, 5) is 16.6. The number of allylic oxidation sites excluding steroid dienone is 1. The maximum absolute atomic E-state index is 12.0. The van der Waals surface area contributed by atoms with Crippen LogP contribution in [0.25, 0.3) is 0 Å². The molecule has 1 atom stereocenters. The third-order valence-corrected chi connectivity index (χ3v) is 5.39. The number of morpholine rings is 1. The summed E-state index contributed by atoms with van der Waals surface area (Å²) in [6.45, 7) is 7.74. The fraction of sp³-hybridized carbons (Fsp3) is 0.476. The molecule has 0 amide bonds. The first-order valence-corrected chi connectivity index (χ1v) is 9.87.